The molecule has 0 bridgehead atoms. The van der Waals surface area contributed by atoms with Gasteiger partial charge < -0.3 is 10.2 Å². The number of amides is 2. The van der Waals surface area contributed by atoms with Crippen LogP contribution in [-0.4, -0.2) is 36.3 Å². The molecule has 1 unspecified atom stereocenters. The third-order valence-corrected chi connectivity index (χ3v) is 4.82. The molecule has 1 atom stereocenters. The van der Waals surface area contributed by atoms with Crippen molar-refractivity contribution in [1.82, 2.24) is 10.2 Å². The van der Waals surface area contributed by atoms with E-state index in [2.05, 4.69) is 5.32 Å². The molecular formula is C21H22F2N2O2. The Hall–Kier alpha value is -2.76. The van der Waals surface area contributed by atoms with Crippen LogP contribution in [0.15, 0.2) is 48.5 Å². The summed E-state index contributed by atoms with van der Waals surface area (Å²) in [5, 5.41) is 2.80. The fourth-order valence-corrected chi connectivity index (χ4v) is 3.24. The number of halogens is 2. The number of benzene rings is 2. The molecule has 6 heteroatoms. The lowest BCUT2D eigenvalue weighted by Crippen LogP contribution is -2.34. The normalized spacial score (nSPS) is 16.6. The predicted molar refractivity (Wildman–Crippen MR) is 97.9 cm³/mol. The van der Waals surface area contributed by atoms with Gasteiger partial charge in [0.15, 0.2) is 0 Å². The Kier molecular flexibility index (Phi) is 6.16. The summed E-state index contributed by atoms with van der Waals surface area (Å²) in [5.74, 6) is -1.18. The average molecular weight is 372 g/mol. The van der Waals surface area contributed by atoms with Gasteiger partial charge in [-0.05, 0) is 42.2 Å². The van der Waals surface area contributed by atoms with Crippen LogP contribution in [0, 0.1) is 17.6 Å². The zero-order valence-corrected chi connectivity index (χ0v) is 15.0. The molecule has 0 aliphatic carbocycles. The minimum absolute atomic E-state index is 0.0497. The van der Waals surface area contributed by atoms with Crippen molar-refractivity contribution >= 4 is 11.8 Å². The lowest BCUT2D eigenvalue weighted by atomic mass is 10.1. The Balaban J connectivity index is 1.44. The molecule has 142 valence electrons. The van der Waals surface area contributed by atoms with Crippen molar-refractivity contribution in [3.63, 3.8) is 0 Å². The molecule has 1 fully saturated rings. The third kappa shape index (κ3) is 5.12. The average Bonchev–Trinajstić information content (AvgIpc) is 3.04. The maximum Gasteiger partial charge on any atom is 0.225 e. The number of hydrogen-bond donors (Lipinski definition) is 1. The Labute approximate surface area is 157 Å². The molecule has 2 amide bonds. The highest BCUT2D eigenvalue weighted by Crippen LogP contribution is 2.18. The SMILES string of the molecule is O=C(NCCc1ccccc1F)C1CC(=O)N(CCc2ccc(F)cc2)C1. The van der Waals surface area contributed by atoms with Crippen molar-refractivity contribution in [3.8, 4) is 0 Å². The smallest absolute Gasteiger partial charge is 0.225 e. The quantitative estimate of drug-likeness (QED) is 0.813. The van der Waals surface area contributed by atoms with Gasteiger partial charge in [-0.25, -0.2) is 8.78 Å². The highest BCUT2D eigenvalue weighted by molar-refractivity contribution is 5.89. The maximum atomic E-state index is 13.6. The molecular weight excluding hydrogens is 350 g/mol. The molecule has 1 heterocycles. The first kappa shape index (κ1) is 19.0. The summed E-state index contributed by atoms with van der Waals surface area (Å²) in [4.78, 5) is 26.1. The first-order chi connectivity index (χ1) is 13.0. The molecule has 2 aromatic carbocycles. The number of carbonyl (C=O) groups is 2. The van der Waals surface area contributed by atoms with Crippen molar-refractivity contribution in [2.24, 2.45) is 5.92 Å². The van der Waals surface area contributed by atoms with E-state index in [1.165, 1.54) is 18.2 Å². The second-order valence-corrected chi connectivity index (χ2v) is 6.75. The van der Waals surface area contributed by atoms with Gasteiger partial charge >= 0.3 is 0 Å². The first-order valence-corrected chi connectivity index (χ1v) is 9.06. The summed E-state index contributed by atoms with van der Waals surface area (Å²) in [5.41, 5.74) is 1.50. The van der Waals surface area contributed by atoms with Gasteiger partial charge in [0, 0.05) is 26.1 Å². The van der Waals surface area contributed by atoms with Gasteiger partial charge in [0.1, 0.15) is 11.6 Å². The first-order valence-electron chi connectivity index (χ1n) is 9.06. The van der Waals surface area contributed by atoms with Gasteiger partial charge in [0.05, 0.1) is 5.92 Å². The topological polar surface area (TPSA) is 49.4 Å². The van der Waals surface area contributed by atoms with Crippen molar-refractivity contribution < 1.29 is 18.4 Å². The van der Waals surface area contributed by atoms with Crippen LogP contribution in [0.3, 0.4) is 0 Å². The lowest BCUT2D eigenvalue weighted by Gasteiger charge is -2.16. The van der Waals surface area contributed by atoms with E-state index in [1.54, 1.807) is 35.2 Å². The molecule has 2 aromatic rings. The third-order valence-electron chi connectivity index (χ3n) is 4.82. The van der Waals surface area contributed by atoms with Gasteiger partial charge in [0.25, 0.3) is 0 Å². The summed E-state index contributed by atoms with van der Waals surface area (Å²) in [6.45, 7) is 1.22. The van der Waals surface area contributed by atoms with Crippen LogP contribution in [0.25, 0.3) is 0 Å². The molecule has 0 radical (unpaired) electrons. The van der Waals surface area contributed by atoms with E-state index in [1.807, 2.05) is 0 Å². The van der Waals surface area contributed by atoms with Crippen LogP contribution < -0.4 is 5.32 Å². The summed E-state index contributed by atoms with van der Waals surface area (Å²) in [6, 6.07) is 12.7. The molecule has 1 aliphatic rings. The predicted octanol–water partition coefficient (Wildman–Crippen LogP) is 2.71. The Morgan fingerprint density at radius 3 is 2.56 bits per heavy atom. The summed E-state index contributed by atoms with van der Waals surface area (Å²) in [7, 11) is 0. The second kappa shape index (κ2) is 8.75. The highest BCUT2D eigenvalue weighted by atomic mass is 19.1. The summed E-state index contributed by atoms with van der Waals surface area (Å²) >= 11 is 0. The fourth-order valence-electron chi connectivity index (χ4n) is 3.24. The number of nitrogens with one attached hydrogen (secondary N) is 1. The molecule has 0 saturated carbocycles. The lowest BCUT2D eigenvalue weighted by molar-refractivity contribution is -0.129. The standard InChI is InChI=1S/C21H22F2N2O2/c22-18-7-5-15(6-8-18)10-12-25-14-17(13-20(25)26)21(27)24-11-9-16-3-1-2-4-19(16)23/h1-8,17H,9-14H2,(H,24,27). The number of rotatable bonds is 7. The number of likely N-dealkylation sites (tertiary alicyclic amines) is 1. The summed E-state index contributed by atoms with van der Waals surface area (Å²) < 4.78 is 26.5. The van der Waals surface area contributed by atoms with E-state index in [4.69, 9.17) is 0 Å². The Morgan fingerprint density at radius 2 is 1.81 bits per heavy atom. The maximum absolute atomic E-state index is 13.6. The van der Waals surface area contributed by atoms with Crippen LogP contribution in [0.4, 0.5) is 8.78 Å². The van der Waals surface area contributed by atoms with Gasteiger partial charge in [0.2, 0.25) is 11.8 Å². The molecule has 0 spiro atoms. The molecule has 1 aliphatic heterocycles. The summed E-state index contributed by atoms with van der Waals surface area (Å²) in [6.07, 6.45) is 1.22. The van der Waals surface area contributed by atoms with Crippen LogP contribution in [-0.2, 0) is 22.4 Å². The van der Waals surface area contributed by atoms with Crippen molar-refractivity contribution in [3.05, 3.63) is 71.3 Å². The zero-order chi connectivity index (χ0) is 19.2. The fraction of sp³-hybridized carbons (Fsp3) is 0.333. The number of hydrogen-bond acceptors (Lipinski definition) is 2. The second-order valence-electron chi connectivity index (χ2n) is 6.75. The molecule has 27 heavy (non-hydrogen) atoms. The highest BCUT2D eigenvalue weighted by Gasteiger charge is 2.33. The van der Waals surface area contributed by atoms with Crippen molar-refractivity contribution in [1.29, 1.82) is 0 Å². The van der Waals surface area contributed by atoms with E-state index in [-0.39, 0.29) is 35.8 Å². The monoisotopic (exact) mass is 372 g/mol. The van der Waals surface area contributed by atoms with E-state index < -0.39 is 0 Å². The van der Waals surface area contributed by atoms with Crippen LogP contribution in [0.2, 0.25) is 0 Å². The Morgan fingerprint density at radius 1 is 1.07 bits per heavy atom. The number of carbonyl (C=O) groups excluding carboxylic acids is 2. The van der Waals surface area contributed by atoms with Gasteiger partial charge in [-0.1, -0.05) is 30.3 Å². The van der Waals surface area contributed by atoms with Gasteiger partial charge in [-0.15, -0.1) is 0 Å². The van der Waals surface area contributed by atoms with Gasteiger partial charge in [-0.3, -0.25) is 9.59 Å². The van der Waals surface area contributed by atoms with Crippen molar-refractivity contribution in [2.75, 3.05) is 19.6 Å². The van der Waals surface area contributed by atoms with E-state index >= 15 is 0 Å². The minimum atomic E-state index is -0.383. The minimum Gasteiger partial charge on any atom is -0.355 e. The largest absolute Gasteiger partial charge is 0.355 e. The Bertz CT molecular complexity index is 808. The molecule has 1 N–H and O–H groups in total. The van der Waals surface area contributed by atoms with E-state index in [0.717, 1.165) is 5.56 Å². The van der Waals surface area contributed by atoms with Crippen molar-refractivity contribution in [2.45, 2.75) is 19.3 Å². The molecule has 0 aromatic heterocycles. The van der Waals surface area contributed by atoms with E-state index in [9.17, 15) is 18.4 Å². The molecule has 1 saturated heterocycles. The number of nitrogens with zero attached hydrogens (tertiary/aromatic N) is 1. The van der Waals surface area contributed by atoms with Gasteiger partial charge in [-0.2, -0.15) is 0 Å². The van der Waals surface area contributed by atoms with Crippen LogP contribution in [0.5, 0.6) is 0 Å². The van der Waals surface area contributed by atoms with E-state index in [0.29, 0.717) is 38.0 Å². The zero-order valence-electron chi connectivity index (χ0n) is 15.0. The van der Waals surface area contributed by atoms with Crippen LogP contribution >= 0.6 is 0 Å². The molecule has 4 nitrogen and oxygen atoms in total. The van der Waals surface area contributed by atoms with Crippen LogP contribution in [0.1, 0.15) is 17.5 Å². The molecule has 3 rings (SSSR count).